The van der Waals surface area contributed by atoms with Gasteiger partial charge in [0.2, 0.25) is 10.0 Å². The van der Waals surface area contributed by atoms with Gasteiger partial charge in [-0.05, 0) is 135 Å². The van der Waals surface area contributed by atoms with Crippen molar-refractivity contribution in [1.82, 2.24) is 28.7 Å². The molecule has 15 heteroatoms. The molecule has 2 saturated carbocycles. The largest absolute Gasteiger partial charge is 0.328 e. The first-order valence-corrected chi connectivity index (χ1v) is 27.3. The van der Waals surface area contributed by atoms with Crippen molar-refractivity contribution in [2.75, 3.05) is 43.9 Å². The van der Waals surface area contributed by atoms with Gasteiger partial charge < -0.3 is 14.5 Å². The predicted octanol–water partition coefficient (Wildman–Crippen LogP) is 7.29. The highest BCUT2D eigenvalue weighted by Gasteiger charge is 2.31. The summed E-state index contributed by atoms with van der Waals surface area (Å²) in [5, 5.41) is 3.30. The molecule has 332 valence electrons. The zero-order valence-corrected chi connectivity index (χ0v) is 39.4. The zero-order chi connectivity index (χ0) is 43.3. The van der Waals surface area contributed by atoms with Crippen LogP contribution < -0.4 is 5.32 Å². The summed E-state index contributed by atoms with van der Waals surface area (Å²) >= 11 is 0. The first-order chi connectivity index (χ1) is 28.0. The highest BCUT2D eigenvalue weighted by molar-refractivity contribution is 7.91. The fraction of sp³-hybridized carbons (Fsp3) is 0.689. The van der Waals surface area contributed by atoms with Crippen LogP contribution in [0.2, 0.25) is 0 Å². The Kier molecular flexibility index (Phi) is 13.1. The molecule has 2 aromatic heterocycles. The second-order valence-electron chi connectivity index (χ2n) is 20.8. The minimum atomic E-state index is -3.47. The smallest absolute Gasteiger partial charge is 0.211 e. The number of sulfonamides is 1. The van der Waals surface area contributed by atoms with Crippen LogP contribution in [-0.4, -0.2) is 92.6 Å². The van der Waals surface area contributed by atoms with Crippen LogP contribution in [-0.2, 0) is 55.6 Å². The Bertz CT molecular complexity index is 2490. The van der Waals surface area contributed by atoms with Gasteiger partial charge in [0.05, 0.1) is 49.6 Å². The van der Waals surface area contributed by atoms with Crippen molar-refractivity contribution in [2.24, 2.45) is 34.5 Å². The molecule has 4 heterocycles. The molecule has 4 aromatic rings. The van der Waals surface area contributed by atoms with Gasteiger partial charge in [0.25, 0.3) is 0 Å². The molecule has 0 spiro atoms. The molecule has 2 aliphatic carbocycles. The molecule has 0 atom stereocenters. The van der Waals surface area contributed by atoms with Crippen LogP contribution in [0.3, 0.4) is 0 Å². The summed E-state index contributed by atoms with van der Waals surface area (Å²) < 4.78 is 81.8. The Morgan fingerprint density at radius 3 is 1.35 bits per heavy atom. The molecular formula is C45H68N6O6S3. The summed E-state index contributed by atoms with van der Waals surface area (Å²) in [4.78, 5) is 10.5. The Balaban J connectivity index is 0.000000183. The number of hydrogen-bond donors (Lipinski definition) is 1. The summed E-state index contributed by atoms with van der Waals surface area (Å²) in [5.74, 6) is 4.09. The maximum absolute atomic E-state index is 13.2. The van der Waals surface area contributed by atoms with Crippen molar-refractivity contribution in [1.29, 1.82) is 0 Å². The topological polar surface area (TPSA) is 153 Å². The van der Waals surface area contributed by atoms with Crippen LogP contribution >= 0.6 is 0 Å². The van der Waals surface area contributed by atoms with Gasteiger partial charge in [-0.25, -0.2) is 39.5 Å². The second-order valence-corrected chi connectivity index (χ2v) is 26.9. The summed E-state index contributed by atoms with van der Waals surface area (Å²) in [6.45, 7) is 17.8. The number of imidazole rings is 2. The molecule has 0 amide bonds. The maximum atomic E-state index is 13.2. The van der Waals surface area contributed by atoms with Gasteiger partial charge in [-0.1, -0.05) is 41.5 Å². The lowest BCUT2D eigenvalue weighted by atomic mass is 9.92. The van der Waals surface area contributed by atoms with E-state index in [2.05, 4.69) is 56.0 Å². The minimum absolute atomic E-state index is 0.0300. The van der Waals surface area contributed by atoms with Crippen LogP contribution in [0, 0.1) is 34.5 Å². The van der Waals surface area contributed by atoms with Gasteiger partial charge in [-0.15, -0.1) is 0 Å². The highest BCUT2D eigenvalue weighted by Crippen LogP contribution is 2.36. The van der Waals surface area contributed by atoms with Crippen LogP contribution in [0.1, 0.15) is 105 Å². The van der Waals surface area contributed by atoms with E-state index in [1.165, 1.54) is 36.2 Å². The Morgan fingerprint density at radius 2 is 0.983 bits per heavy atom. The monoisotopic (exact) mass is 884 g/mol. The number of sulfone groups is 2. The molecule has 8 rings (SSSR count). The number of benzene rings is 2. The Morgan fingerprint density at radius 1 is 0.583 bits per heavy atom. The van der Waals surface area contributed by atoms with E-state index in [0.717, 1.165) is 91.5 Å². The lowest BCUT2D eigenvalue weighted by Gasteiger charge is -2.29. The number of piperidine rings is 2. The van der Waals surface area contributed by atoms with E-state index >= 15 is 0 Å². The van der Waals surface area contributed by atoms with Crippen molar-refractivity contribution in [3.8, 4) is 0 Å². The molecule has 0 unspecified atom stereocenters. The number of hydrogen-bond acceptors (Lipinski definition) is 9. The third-order valence-corrected chi connectivity index (χ3v) is 17.4. The molecule has 4 aliphatic rings. The number of rotatable bonds is 13. The Hall–Kier alpha value is -2.85. The lowest BCUT2D eigenvalue weighted by Crippen LogP contribution is -2.39. The van der Waals surface area contributed by atoms with Crippen LogP contribution in [0.15, 0.2) is 46.2 Å². The van der Waals surface area contributed by atoms with Gasteiger partial charge in [-0.2, -0.15) is 0 Å². The maximum Gasteiger partial charge on any atom is 0.211 e. The van der Waals surface area contributed by atoms with Crippen molar-refractivity contribution in [2.45, 2.75) is 129 Å². The van der Waals surface area contributed by atoms with E-state index in [-0.39, 0.29) is 34.2 Å². The van der Waals surface area contributed by atoms with E-state index in [9.17, 15) is 25.3 Å². The second kappa shape index (κ2) is 17.4. The normalized spacial score (nSPS) is 19.5. The molecular weight excluding hydrogens is 817 g/mol. The summed E-state index contributed by atoms with van der Waals surface area (Å²) in [6.07, 6.45) is 11.0. The highest BCUT2D eigenvalue weighted by atomic mass is 32.2. The summed E-state index contributed by atoms with van der Waals surface area (Å²) in [5.41, 5.74) is 3.90. The molecule has 0 bridgehead atoms. The third kappa shape index (κ3) is 11.8. The van der Waals surface area contributed by atoms with Gasteiger partial charge in [-0.3, -0.25) is 0 Å². The molecule has 4 fully saturated rings. The summed E-state index contributed by atoms with van der Waals surface area (Å²) in [7, 11) is -9.96. The number of fused-ring (bicyclic) bond motifs is 2. The van der Waals surface area contributed by atoms with Gasteiger partial charge in [0.15, 0.2) is 19.7 Å². The van der Waals surface area contributed by atoms with Gasteiger partial charge in [0.1, 0.15) is 11.6 Å². The van der Waals surface area contributed by atoms with E-state index in [0.29, 0.717) is 41.6 Å². The average Bonchev–Trinajstić information content (AvgIpc) is 4.08. The molecule has 1 N–H and O–H groups in total. The van der Waals surface area contributed by atoms with Crippen LogP contribution in [0.4, 0.5) is 0 Å². The van der Waals surface area contributed by atoms with Crippen molar-refractivity contribution in [3.05, 3.63) is 48.0 Å². The third-order valence-electron chi connectivity index (χ3n) is 12.4. The van der Waals surface area contributed by atoms with E-state index in [4.69, 9.17) is 9.97 Å². The van der Waals surface area contributed by atoms with Crippen LogP contribution in [0.5, 0.6) is 0 Å². The van der Waals surface area contributed by atoms with E-state index in [1.54, 1.807) is 24.3 Å². The molecule has 2 aromatic carbocycles. The molecule has 12 nitrogen and oxygen atoms in total. The SMILES string of the molecule is CC(C)(C)Cc1nc2cc(S(=O)(=O)CC3CCN(S(C)(=O)=O)CC3)ccc2n1CC1CC1.CC(C)(C)Cc1nc2cc(S(=O)(=O)CC3CCNCC3)ccc2n1CC1CC1. The predicted molar refractivity (Wildman–Crippen MR) is 240 cm³/mol. The van der Waals surface area contributed by atoms with Gasteiger partial charge in [0, 0.05) is 39.0 Å². The minimum Gasteiger partial charge on any atom is -0.328 e. The first kappa shape index (κ1) is 45.2. The van der Waals surface area contributed by atoms with Crippen LogP contribution in [0.25, 0.3) is 22.1 Å². The quantitative estimate of drug-likeness (QED) is 0.146. The number of nitrogens with zero attached hydrogens (tertiary/aromatic N) is 5. The Labute approximate surface area is 359 Å². The molecule has 2 aliphatic heterocycles. The van der Waals surface area contributed by atoms with Crippen molar-refractivity contribution in [3.63, 3.8) is 0 Å². The fourth-order valence-electron chi connectivity index (χ4n) is 8.72. The lowest BCUT2D eigenvalue weighted by molar-refractivity contribution is 0.290. The van der Waals surface area contributed by atoms with Crippen molar-refractivity contribution >= 4 is 51.8 Å². The molecule has 2 saturated heterocycles. The van der Waals surface area contributed by atoms with E-state index in [1.807, 2.05) is 12.1 Å². The number of nitrogens with one attached hydrogen (secondary N) is 1. The fourth-order valence-corrected chi connectivity index (χ4v) is 13.0. The first-order valence-electron chi connectivity index (χ1n) is 22.1. The standard InChI is InChI=1S/C23H35N3O4S2.C22H33N3O2S/c1-23(2,3)14-22-24-20-13-19(7-8-21(20)26(22)15-17-5-6-17)32(29,30)16-18-9-11-25(12-10-18)31(4,27)28;1-22(2,3)13-21-24-19-12-18(6-7-20(19)25(21)14-16-4-5-16)28(26,27)15-17-8-10-23-11-9-17/h7-8,13,17-18H,5-6,9-12,14-16H2,1-4H3;6-7,12,16-17,23H,4-5,8-11,13-15H2,1-3H3. The average molecular weight is 885 g/mol. The molecule has 0 radical (unpaired) electrons. The zero-order valence-electron chi connectivity index (χ0n) is 36.9. The van der Waals surface area contributed by atoms with Crippen molar-refractivity contribution < 1.29 is 25.3 Å². The van der Waals surface area contributed by atoms with Gasteiger partial charge >= 0.3 is 0 Å². The van der Waals surface area contributed by atoms with E-state index < -0.39 is 29.7 Å². The number of aromatic nitrogens is 4. The molecule has 60 heavy (non-hydrogen) atoms. The summed E-state index contributed by atoms with van der Waals surface area (Å²) in [6, 6.07) is 10.9.